The topological polar surface area (TPSA) is 84.0 Å². The Morgan fingerprint density at radius 2 is 1.69 bits per heavy atom. The summed E-state index contributed by atoms with van der Waals surface area (Å²) < 4.78 is 27.5. The van der Waals surface area contributed by atoms with E-state index in [9.17, 15) is 18.4 Å². The molecule has 8 heteroatoms. The second kappa shape index (κ2) is 6.44. The van der Waals surface area contributed by atoms with Crippen LogP contribution in [0.15, 0.2) is 30.6 Å². The Labute approximate surface area is 148 Å². The third-order valence-corrected chi connectivity index (χ3v) is 4.56. The van der Waals surface area contributed by atoms with E-state index in [0.29, 0.717) is 18.0 Å². The van der Waals surface area contributed by atoms with E-state index < -0.39 is 35.4 Å². The molecule has 0 bridgehead atoms. The van der Waals surface area contributed by atoms with Crippen LogP contribution in [0, 0.1) is 11.6 Å². The van der Waals surface area contributed by atoms with Crippen LogP contribution >= 0.6 is 0 Å². The summed E-state index contributed by atoms with van der Waals surface area (Å²) in [5, 5.41) is 4.91. The molecule has 2 atom stereocenters. The molecule has 1 heterocycles. The maximum atomic E-state index is 13.7. The maximum absolute atomic E-state index is 13.7. The van der Waals surface area contributed by atoms with Gasteiger partial charge in [0.25, 0.3) is 0 Å². The zero-order chi connectivity index (χ0) is 18.3. The van der Waals surface area contributed by atoms with Gasteiger partial charge in [0.05, 0.1) is 18.1 Å². The third kappa shape index (κ3) is 3.40. The van der Waals surface area contributed by atoms with Gasteiger partial charge in [-0.25, -0.2) is 18.7 Å². The molecule has 2 aliphatic carbocycles. The molecule has 6 nitrogen and oxygen atoms in total. The minimum atomic E-state index is -0.868. The van der Waals surface area contributed by atoms with E-state index in [1.165, 1.54) is 30.6 Å². The second-order valence-electron chi connectivity index (χ2n) is 6.62. The van der Waals surface area contributed by atoms with Crippen LogP contribution in [0.5, 0.6) is 0 Å². The summed E-state index contributed by atoms with van der Waals surface area (Å²) in [6, 6.07) is 3.17. The summed E-state index contributed by atoms with van der Waals surface area (Å²) in [5.74, 6) is -2.36. The van der Waals surface area contributed by atoms with Crippen molar-refractivity contribution >= 4 is 17.5 Å². The SMILES string of the molecule is O=C(Nc1cnc(C2CC2)nc1)C(=O)N[C@H]1C[C@H]1c1c(F)cccc1F. The maximum Gasteiger partial charge on any atom is 0.313 e. The van der Waals surface area contributed by atoms with Gasteiger partial charge in [0.1, 0.15) is 17.5 Å². The summed E-state index contributed by atoms with van der Waals surface area (Å²) >= 11 is 0. The van der Waals surface area contributed by atoms with E-state index in [1.807, 2.05) is 0 Å². The van der Waals surface area contributed by atoms with Crippen molar-refractivity contribution in [1.82, 2.24) is 15.3 Å². The lowest BCUT2D eigenvalue weighted by molar-refractivity contribution is -0.136. The Hall–Kier alpha value is -2.90. The van der Waals surface area contributed by atoms with Gasteiger partial charge < -0.3 is 10.6 Å². The lowest BCUT2D eigenvalue weighted by Crippen LogP contribution is -2.37. The normalized spacial score (nSPS) is 21.2. The zero-order valence-electron chi connectivity index (χ0n) is 13.7. The van der Waals surface area contributed by atoms with Gasteiger partial charge in [0, 0.05) is 23.4 Å². The molecule has 26 heavy (non-hydrogen) atoms. The zero-order valence-corrected chi connectivity index (χ0v) is 13.7. The largest absolute Gasteiger partial charge is 0.344 e. The minimum absolute atomic E-state index is 0.0535. The van der Waals surface area contributed by atoms with E-state index in [2.05, 4.69) is 20.6 Å². The number of nitrogens with one attached hydrogen (secondary N) is 2. The van der Waals surface area contributed by atoms with Crippen molar-refractivity contribution in [2.45, 2.75) is 37.1 Å². The fourth-order valence-corrected chi connectivity index (χ4v) is 2.92. The Morgan fingerprint density at radius 1 is 1.04 bits per heavy atom. The van der Waals surface area contributed by atoms with Crippen LogP contribution < -0.4 is 10.6 Å². The van der Waals surface area contributed by atoms with Crippen LogP contribution in [0.25, 0.3) is 0 Å². The first kappa shape index (κ1) is 16.6. The van der Waals surface area contributed by atoms with Crippen LogP contribution in [0.2, 0.25) is 0 Å². The standard InChI is InChI=1S/C18H16F2N4O2/c19-12-2-1-3-13(20)15(12)11-6-14(11)24-18(26)17(25)23-10-7-21-16(22-8-10)9-4-5-9/h1-3,7-9,11,14H,4-6H2,(H,23,25)(H,24,26)/t11-,14+/m1/s1. The summed E-state index contributed by atoms with van der Waals surface area (Å²) in [5.41, 5.74) is 0.268. The smallest absolute Gasteiger partial charge is 0.313 e. The van der Waals surface area contributed by atoms with Gasteiger partial charge in [-0.15, -0.1) is 0 Å². The number of anilines is 1. The molecule has 2 aromatic rings. The molecule has 0 aliphatic heterocycles. The summed E-state index contributed by atoms with van der Waals surface area (Å²) in [4.78, 5) is 32.2. The molecule has 134 valence electrons. The highest BCUT2D eigenvalue weighted by molar-refractivity contribution is 6.39. The van der Waals surface area contributed by atoms with Gasteiger partial charge in [-0.1, -0.05) is 6.07 Å². The fraction of sp³-hybridized carbons (Fsp3) is 0.333. The fourth-order valence-electron chi connectivity index (χ4n) is 2.92. The first-order valence-corrected chi connectivity index (χ1v) is 8.40. The van der Waals surface area contributed by atoms with Crippen LogP contribution in [-0.2, 0) is 9.59 Å². The Morgan fingerprint density at radius 3 is 2.31 bits per heavy atom. The van der Waals surface area contributed by atoms with E-state index in [-0.39, 0.29) is 5.56 Å². The van der Waals surface area contributed by atoms with Gasteiger partial charge in [0.15, 0.2) is 0 Å². The Balaban J connectivity index is 1.33. The van der Waals surface area contributed by atoms with E-state index in [1.54, 1.807) is 0 Å². The number of carbonyl (C=O) groups is 2. The van der Waals surface area contributed by atoms with Gasteiger partial charge in [-0.2, -0.15) is 0 Å². The summed E-state index contributed by atoms with van der Waals surface area (Å²) in [7, 11) is 0. The van der Waals surface area contributed by atoms with Gasteiger partial charge in [-0.05, 0) is 31.4 Å². The molecular formula is C18H16F2N4O2. The van der Waals surface area contributed by atoms with E-state index >= 15 is 0 Å². The molecule has 4 rings (SSSR count). The lowest BCUT2D eigenvalue weighted by Gasteiger charge is -2.07. The Kier molecular flexibility index (Phi) is 4.10. The highest BCUT2D eigenvalue weighted by atomic mass is 19.1. The molecule has 0 saturated heterocycles. The van der Waals surface area contributed by atoms with E-state index in [4.69, 9.17) is 0 Å². The van der Waals surface area contributed by atoms with Crippen molar-refractivity contribution in [2.24, 2.45) is 0 Å². The number of hydrogen-bond acceptors (Lipinski definition) is 4. The number of carbonyl (C=O) groups excluding carboxylic acids is 2. The molecule has 2 fully saturated rings. The van der Waals surface area contributed by atoms with Crippen molar-refractivity contribution in [1.29, 1.82) is 0 Å². The molecule has 1 aromatic heterocycles. The quantitative estimate of drug-likeness (QED) is 0.821. The van der Waals surface area contributed by atoms with Crippen molar-refractivity contribution in [3.63, 3.8) is 0 Å². The van der Waals surface area contributed by atoms with Crippen molar-refractivity contribution in [3.05, 3.63) is 53.6 Å². The molecule has 0 unspecified atom stereocenters. The summed E-state index contributed by atoms with van der Waals surface area (Å²) in [6.45, 7) is 0. The number of nitrogens with zero attached hydrogens (tertiary/aromatic N) is 2. The Bertz CT molecular complexity index is 848. The van der Waals surface area contributed by atoms with Crippen LogP contribution in [0.4, 0.5) is 14.5 Å². The molecule has 2 aliphatic rings. The average molecular weight is 358 g/mol. The molecule has 2 amide bonds. The highest BCUT2D eigenvalue weighted by Crippen LogP contribution is 2.43. The van der Waals surface area contributed by atoms with Gasteiger partial charge in [-0.3, -0.25) is 9.59 Å². The summed E-state index contributed by atoms with van der Waals surface area (Å²) in [6.07, 6.45) is 5.44. The van der Waals surface area contributed by atoms with Crippen LogP contribution in [0.3, 0.4) is 0 Å². The molecule has 1 aromatic carbocycles. The highest BCUT2D eigenvalue weighted by Gasteiger charge is 2.43. The molecular weight excluding hydrogens is 342 g/mol. The number of benzene rings is 1. The number of halogens is 2. The lowest BCUT2D eigenvalue weighted by atomic mass is 10.1. The average Bonchev–Trinajstić information content (AvgIpc) is 3.51. The molecule has 2 saturated carbocycles. The van der Waals surface area contributed by atoms with Crippen molar-refractivity contribution < 1.29 is 18.4 Å². The van der Waals surface area contributed by atoms with Crippen LogP contribution in [-0.4, -0.2) is 27.8 Å². The van der Waals surface area contributed by atoms with Gasteiger partial charge >= 0.3 is 11.8 Å². The van der Waals surface area contributed by atoms with Gasteiger partial charge in [0.2, 0.25) is 0 Å². The minimum Gasteiger partial charge on any atom is -0.344 e. The second-order valence-corrected chi connectivity index (χ2v) is 6.62. The van der Waals surface area contributed by atoms with Crippen LogP contribution in [0.1, 0.15) is 42.5 Å². The van der Waals surface area contributed by atoms with E-state index in [0.717, 1.165) is 18.7 Å². The number of hydrogen-bond donors (Lipinski definition) is 2. The number of amides is 2. The van der Waals surface area contributed by atoms with Crippen molar-refractivity contribution in [3.8, 4) is 0 Å². The number of aromatic nitrogens is 2. The third-order valence-electron chi connectivity index (χ3n) is 4.56. The molecule has 0 spiro atoms. The predicted molar refractivity (Wildman–Crippen MR) is 88.3 cm³/mol. The number of rotatable bonds is 4. The first-order valence-electron chi connectivity index (χ1n) is 8.40. The van der Waals surface area contributed by atoms with Crippen molar-refractivity contribution in [2.75, 3.05) is 5.32 Å². The molecule has 0 radical (unpaired) electrons. The molecule has 2 N–H and O–H groups in total. The predicted octanol–water partition coefficient (Wildman–Crippen LogP) is 2.24. The first-order chi connectivity index (χ1) is 12.5. The monoisotopic (exact) mass is 358 g/mol.